The smallest absolute Gasteiger partial charge is 0.260 e. The fourth-order valence-electron chi connectivity index (χ4n) is 1.59. The summed E-state index contributed by atoms with van der Waals surface area (Å²) < 4.78 is 26.1. The Balaban J connectivity index is 2.54. The monoisotopic (exact) mass is 177 g/mol. The van der Waals surface area contributed by atoms with Gasteiger partial charge in [0, 0.05) is 12.5 Å². The molecular formula is C9H17F2N. The van der Waals surface area contributed by atoms with E-state index in [4.69, 9.17) is 0 Å². The van der Waals surface area contributed by atoms with Gasteiger partial charge in [0.15, 0.2) is 0 Å². The molecule has 0 saturated carbocycles. The van der Waals surface area contributed by atoms with E-state index >= 15 is 0 Å². The Bertz CT molecular complexity index is 145. The first-order valence-corrected chi connectivity index (χ1v) is 4.63. The minimum atomic E-state index is -2.46. The Hall–Kier alpha value is -0.180. The van der Waals surface area contributed by atoms with Crippen molar-refractivity contribution in [1.29, 1.82) is 0 Å². The third kappa shape index (κ3) is 2.70. The molecule has 0 atom stereocenters. The average Bonchev–Trinajstić information content (AvgIpc) is 2.10. The van der Waals surface area contributed by atoms with Crippen molar-refractivity contribution >= 4 is 0 Å². The molecule has 3 heteroatoms. The Morgan fingerprint density at radius 2 is 1.92 bits per heavy atom. The fourth-order valence-corrected chi connectivity index (χ4v) is 1.59. The van der Waals surface area contributed by atoms with Gasteiger partial charge in [-0.05, 0) is 33.2 Å². The SMILES string of the molecule is CC(C)N1CCCCC(F)(F)C1. The molecule has 1 aliphatic heterocycles. The molecule has 0 spiro atoms. The van der Waals surface area contributed by atoms with Gasteiger partial charge in [0.1, 0.15) is 0 Å². The lowest BCUT2D eigenvalue weighted by molar-refractivity contribution is -0.0354. The summed E-state index contributed by atoms with van der Waals surface area (Å²) in [4.78, 5) is 1.87. The molecule has 1 saturated heterocycles. The molecular weight excluding hydrogens is 160 g/mol. The third-order valence-electron chi connectivity index (χ3n) is 2.40. The first-order chi connectivity index (χ1) is 5.51. The van der Waals surface area contributed by atoms with Gasteiger partial charge in [0.2, 0.25) is 0 Å². The average molecular weight is 177 g/mol. The van der Waals surface area contributed by atoms with Crippen LogP contribution < -0.4 is 0 Å². The highest BCUT2D eigenvalue weighted by Crippen LogP contribution is 2.26. The number of nitrogens with zero attached hydrogens (tertiary/aromatic N) is 1. The van der Waals surface area contributed by atoms with Gasteiger partial charge < -0.3 is 0 Å². The molecule has 72 valence electrons. The lowest BCUT2D eigenvalue weighted by Crippen LogP contribution is -2.39. The normalized spacial score (nSPS) is 25.8. The van der Waals surface area contributed by atoms with Gasteiger partial charge in [-0.3, -0.25) is 4.90 Å². The standard InChI is InChI=1S/C9H17F2N/c1-8(2)12-6-4-3-5-9(10,11)7-12/h8H,3-7H2,1-2H3. The predicted molar refractivity (Wildman–Crippen MR) is 45.5 cm³/mol. The highest BCUT2D eigenvalue weighted by Gasteiger charge is 2.33. The summed E-state index contributed by atoms with van der Waals surface area (Å²) in [5.74, 6) is -2.46. The van der Waals surface area contributed by atoms with E-state index in [2.05, 4.69) is 0 Å². The van der Waals surface area contributed by atoms with Crippen LogP contribution >= 0.6 is 0 Å². The van der Waals surface area contributed by atoms with E-state index in [0.717, 1.165) is 13.0 Å². The number of hydrogen-bond donors (Lipinski definition) is 0. The van der Waals surface area contributed by atoms with Crippen molar-refractivity contribution in [2.75, 3.05) is 13.1 Å². The molecule has 0 aromatic rings. The Morgan fingerprint density at radius 1 is 1.25 bits per heavy atom. The second-order valence-corrected chi connectivity index (χ2v) is 3.88. The van der Waals surface area contributed by atoms with Crippen LogP contribution in [0.3, 0.4) is 0 Å². The molecule has 1 rings (SSSR count). The molecule has 1 fully saturated rings. The van der Waals surface area contributed by atoms with E-state index in [1.54, 1.807) is 0 Å². The number of alkyl halides is 2. The van der Waals surface area contributed by atoms with Crippen LogP contribution in [-0.2, 0) is 0 Å². The molecule has 0 bridgehead atoms. The van der Waals surface area contributed by atoms with Gasteiger partial charge in [0.25, 0.3) is 5.92 Å². The van der Waals surface area contributed by atoms with Crippen molar-refractivity contribution in [3.8, 4) is 0 Å². The number of hydrogen-bond acceptors (Lipinski definition) is 1. The van der Waals surface area contributed by atoms with Crippen LogP contribution in [0.5, 0.6) is 0 Å². The van der Waals surface area contributed by atoms with Gasteiger partial charge in [-0.25, -0.2) is 8.78 Å². The first-order valence-electron chi connectivity index (χ1n) is 4.63. The second-order valence-electron chi connectivity index (χ2n) is 3.88. The zero-order valence-corrected chi connectivity index (χ0v) is 7.82. The topological polar surface area (TPSA) is 3.24 Å². The van der Waals surface area contributed by atoms with E-state index in [9.17, 15) is 8.78 Å². The summed E-state index contributed by atoms with van der Waals surface area (Å²) in [5, 5.41) is 0. The van der Waals surface area contributed by atoms with Crippen molar-refractivity contribution in [3.63, 3.8) is 0 Å². The molecule has 0 aromatic heterocycles. The minimum Gasteiger partial charge on any atom is -0.295 e. The number of halogens is 2. The van der Waals surface area contributed by atoms with E-state index in [1.165, 1.54) is 0 Å². The lowest BCUT2D eigenvalue weighted by Gasteiger charge is -2.27. The summed E-state index contributed by atoms with van der Waals surface area (Å²) in [6.07, 6.45) is 1.64. The van der Waals surface area contributed by atoms with Crippen LogP contribution in [0.2, 0.25) is 0 Å². The Labute approximate surface area is 72.7 Å². The molecule has 1 nitrogen and oxygen atoms in total. The largest absolute Gasteiger partial charge is 0.295 e. The van der Waals surface area contributed by atoms with Gasteiger partial charge in [0.05, 0.1) is 6.54 Å². The summed E-state index contributed by atoms with van der Waals surface area (Å²) in [7, 11) is 0. The Morgan fingerprint density at radius 3 is 2.50 bits per heavy atom. The highest BCUT2D eigenvalue weighted by atomic mass is 19.3. The first kappa shape index (κ1) is 9.90. The summed E-state index contributed by atoms with van der Waals surface area (Å²) >= 11 is 0. The quantitative estimate of drug-likeness (QED) is 0.595. The van der Waals surface area contributed by atoms with Crippen molar-refractivity contribution in [2.24, 2.45) is 0 Å². The fraction of sp³-hybridized carbons (Fsp3) is 1.00. The Kier molecular flexibility index (Phi) is 3.04. The van der Waals surface area contributed by atoms with Crippen molar-refractivity contribution < 1.29 is 8.78 Å². The zero-order chi connectivity index (χ0) is 9.19. The maximum Gasteiger partial charge on any atom is 0.260 e. The number of likely N-dealkylation sites (tertiary alicyclic amines) is 1. The molecule has 0 radical (unpaired) electrons. The van der Waals surface area contributed by atoms with Crippen molar-refractivity contribution in [2.45, 2.75) is 45.1 Å². The van der Waals surface area contributed by atoms with Crippen LogP contribution in [0.4, 0.5) is 8.78 Å². The van der Waals surface area contributed by atoms with Gasteiger partial charge >= 0.3 is 0 Å². The van der Waals surface area contributed by atoms with Crippen LogP contribution in [-0.4, -0.2) is 30.0 Å². The van der Waals surface area contributed by atoms with Crippen molar-refractivity contribution in [3.05, 3.63) is 0 Å². The minimum absolute atomic E-state index is 0.0509. The van der Waals surface area contributed by atoms with E-state index < -0.39 is 5.92 Å². The van der Waals surface area contributed by atoms with Crippen LogP contribution in [0, 0.1) is 0 Å². The molecule has 0 unspecified atom stereocenters. The van der Waals surface area contributed by atoms with Crippen LogP contribution in [0.25, 0.3) is 0 Å². The molecule has 0 aliphatic carbocycles. The molecule has 1 aliphatic rings. The van der Waals surface area contributed by atoms with Gasteiger partial charge in [-0.2, -0.15) is 0 Å². The maximum absolute atomic E-state index is 13.0. The van der Waals surface area contributed by atoms with Crippen LogP contribution in [0.1, 0.15) is 33.1 Å². The van der Waals surface area contributed by atoms with Crippen molar-refractivity contribution in [1.82, 2.24) is 4.90 Å². The molecule has 1 heterocycles. The lowest BCUT2D eigenvalue weighted by atomic mass is 10.2. The molecule has 0 N–H and O–H groups in total. The highest BCUT2D eigenvalue weighted by molar-refractivity contribution is 4.78. The second kappa shape index (κ2) is 3.69. The van der Waals surface area contributed by atoms with Gasteiger partial charge in [-0.15, -0.1) is 0 Å². The molecule has 0 amide bonds. The predicted octanol–water partition coefficient (Wildman–Crippen LogP) is 2.52. The summed E-state index contributed by atoms with van der Waals surface area (Å²) in [5.41, 5.74) is 0. The molecule has 0 aromatic carbocycles. The summed E-state index contributed by atoms with van der Waals surface area (Å²) in [6, 6.07) is 0.244. The van der Waals surface area contributed by atoms with Crippen LogP contribution in [0.15, 0.2) is 0 Å². The van der Waals surface area contributed by atoms with E-state index in [1.807, 2.05) is 18.7 Å². The third-order valence-corrected chi connectivity index (χ3v) is 2.40. The van der Waals surface area contributed by atoms with E-state index in [-0.39, 0.29) is 19.0 Å². The maximum atomic E-state index is 13.0. The summed E-state index contributed by atoms with van der Waals surface area (Å²) in [6.45, 7) is 4.72. The zero-order valence-electron chi connectivity index (χ0n) is 7.82. The number of rotatable bonds is 1. The van der Waals surface area contributed by atoms with E-state index in [0.29, 0.717) is 6.42 Å². The molecule has 12 heavy (non-hydrogen) atoms. The van der Waals surface area contributed by atoms with Gasteiger partial charge in [-0.1, -0.05) is 0 Å².